The van der Waals surface area contributed by atoms with E-state index in [1.807, 2.05) is 46.8 Å². The third-order valence-corrected chi connectivity index (χ3v) is 13.5. The first-order valence-corrected chi connectivity index (χ1v) is 24.8. The van der Waals surface area contributed by atoms with Gasteiger partial charge in [0.05, 0.1) is 5.69 Å². The molecular weight excluding hydrogens is 1020 g/mol. The Hall–Kier alpha value is -10.8. The monoisotopic (exact) mass is 1070 g/mol. The molecule has 0 aliphatic carbocycles. The number of rotatable bonds is 11. The van der Waals surface area contributed by atoms with Crippen molar-refractivity contribution in [3.63, 3.8) is 0 Å². The zero-order chi connectivity index (χ0) is 56.4. The molecule has 0 aliphatic rings. The number of hydrogen-bond acceptors (Lipinski definition) is 15. The molecule has 0 amide bonds. The number of benzene rings is 8. The number of ketones is 1. The Morgan fingerprint density at radius 2 is 0.562 bits per heavy atom. The van der Waals surface area contributed by atoms with Crippen LogP contribution in [0.2, 0.25) is 0 Å². The molecule has 4 aromatic heterocycles. The maximum atomic E-state index is 14.4. The van der Waals surface area contributed by atoms with Gasteiger partial charge in [0.1, 0.15) is 66.1 Å². The fourth-order valence-corrected chi connectivity index (χ4v) is 9.29. The summed E-state index contributed by atoms with van der Waals surface area (Å²) in [6.07, 6.45) is 0. The van der Waals surface area contributed by atoms with Crippen LogP contribution in [0, 0.1) is 34.6 Å². The predicted molar refractivity (Wildman–Crippen MR) is 300 cm³/mol. The quantitative estimate of drug-likeness (QED) is 0.110. The van der Waals surface area contributed by atoms with Gasteiger partial charge in [-0.25, -0.2) is 23.7 Å². The van der Waals surface area contributed by atoms with E-state index in [1.54, 1.807) is 109 Å². The summed E-state index contributed by atoms with van der Waals surface area (Å²) in [5.74, 6) is -0.0651. The van der Waals surface area contributed by atoms with E-state index in [4.69, 9.17) is 27.8 Å². The van der Waals surface area contributed by atoms with Crippen LogP contribution in [0.3, 0.4) is 0 Å². The summed E-state index contributed by atoms with van der Waals surface area (Å²) >= 11 is 0. The van der Waals surface area contributed by atoms with Gasteiger partial charge >= 0.3 is 22.5 Å². The fraction of sp³-hybridized carbons (Fsp3) is 0.0952. The molecule has 0 radical (unpaired) electrons. The van der Waals surface area contributed by atoms with Gasteiger partial charge < -0.3 is 27.8 Å². The zero-order valence-electron chi connectivity index (χ0n) is 43.4. The van der Waals surface area contributed by atoms with Crippen molar-refractivity contribution >= 4 is 48.9 Å². The number of fused-ring (bicyclic) bond motifs is 4. The van der Waals surface area contributed by atoms with E-state index in [0.717, 1.165) is 37.0 Å². The molecule has 4 heterocycles. The standard InChI is InChI=1S/C39H28N2O7.C24H14O8/c1-21-5-11-24(12-6-21)33(42)25-13-15-26(16-14-25)41-38(45)31-32(39(41)46)35(48-28-19-9-23(3)10-20-28)30-29(36(43)40(4)37(30)44)34(31)47-27-17-7-22(2)8-18-27;1-11-3-7-13(8-4-11)29-19-15-17(23(27)31-21(15)25)20(18-16(19)22(26)32-24(18)28)30-14-9-5-12(2)6-10-14/h5-20H,1-4H3;3-10H,1-2H3. The highest BCUT2D eigenvalue weighted by Gasteiger charge is 2.33. The van der Waals surface area contributed by atoms with Crippen LogP contribution in [0.1, 0.15) is 43.7 Å². The molecular formula is C63H42N2O15. The summed E-state index contributed by atoms with van der Waals surface area (Å²) < 4.78 is 35.5. The summed E-state index contributed by atoms with van der Waals surface area (Å²) in [4.78, 5) is 119. The third kappa shape index (κ3) is 8.97. The molecule has 0 saturated heterocycles. The van der Waals surface area contributed by atoms with Crippen molar-refractivity contribution in [2.75, 3.05) is 0 Å². The molecule has 0 fully saturated rings. The normalized spacial score (nSPS) is 11.3. The van der Waals surface area contributed by atoms with Crippen LogP contribution < -0.4 is 63.7 Å². The van der Waals surface area contributed by atoms with Crippen LogP contribution in [0.4, 0.5) is 0 Å². The van der Waals surface area contributed by atoms with E-state index in [1.165, 1.54) is 31.3 Å². The van der Waals surface area contributed by atoms with Crippen molar-refractivity contribution in [3.8, 4) is 51.7 Å². The van der Waals surface area contributed by atoms with Gasteiger partial charge in [-0.05, 0) is 107 Å². The van der Waals surface area contributed by atoms with E-state index in [0.29, 0.717) is 22.6 Å². The molecule has 8 aromatic carbocycles. The smallest absolute Gasteiger partial charge is 0.350 e. The van der Waals surface area contributed by atoms with E-state index in [9.17, 15) is 43.2 Å². The lowest BCUT2D eigenvalue weighted by Gasteiger charge is -2.12. The summed E-state index contributed by atoms with van der Waals surface area (Å²) in [7, 11) is 1.32. The minimum absolute atomic E-state index is 0.175. The van der Waals surface area contributed by atoms with E-state index >= 15 is 0 Å². The minimum atomic E-state index is -1.02. The fourth-order valence-electron chi connectivity index (χ4n) is 9.29. The number of hydrogen-bond donors (Lipinski definition) is 0. The number of nitrogens with zero attached hydrogens (tertiary/aromatic N) is 2. The molecule has 0 saturated carbocycles. The molecule has 0 aliphatic heterocycles. The number of aryl methyl sites for hydroxylation is 5. The second kappa shape index (κ2) is 20.0. The highest BCUT2D eigenvalue weighted by Crippen LogP contribution is 2.43. The third-order valence-electron chi connectivity index (χ3n) is 13.5. The van der Waals surface area contributed by atoms with Crippen molar-refractivity contribution in [3.05, 3.63) is 268 Å². The largest absolute Gasteiger partial charge is 0.456 e. The highest BCUT2D eigenvalue weighted by molar-refractivity contribution is 6.12. The number of carbonyl (C=O) groups is 1. The first kappa shape index (κ1) is 51.3. The summed E-state index contributed by atoms with van der Waals surface area (Å²) in [6, 6.07) is 40.6. The van der Waals surface area contributed by atoms with Gasteiger partial charge in [0.2, 0.25) is 0 Å². The molecule has 17 heteroatoms. The van der Waals surface area contributed by atoms with E-state index in [2.05, 4.69) is 0 Å². The second-order valence-corrected chi connectivity index (χ2v) is 19.2. The van der Waals surface area contributed by atoms with Crippen LogP contribution in [-0.4, -0.2) is 14.9 Å². The predicted octanol–water partition coefficient (Wildman–Crippen LogP) is 9.88. The molecule has 0 unspecified atom stereocenters. The molecule has 0 bridgehead atoms. The minimum Gasteiger partial charge on any atom is -0.456 e. The zero-order valence-corrected chi connectivity index (χ0v) is 43.4. The van der Waals surface area contributed by atoms with Crippen molar-refractivity contribution in [2.45, 2.75) is 34.6 Å². The number of ether oxygens (including phenoxy) is 4. The average molecular weight is 1070 g/mol. The molecule has 17 nitrogen and oxygen atoms in total. The lowest BCUT2D eigenvalue weighted by molar-refractivity contribution is 0.103. The summed E-state index contributed by atoms with van der Waals surface area (Å²) in [5, 5.41) is -1.98. The maximum absolute atomic E-state index is 14.4. The van der Waals surface area contributed by atoms with Gasteiger partial charge in [0.15, 0.2) is 28.8 Å². The van der Waals surface area contributed by atoms with Crippen LogP contribution >= 0.6 is 0 Å². The summed E-state index contributed by atoms with van der Waals surface area (Å²) in [5.41, 5.74) is -1.15. The van der Waals surface area contributed by atoms with Gasteiger partial charge in [0.25, 0.3) is 22.2 Å². The molecule has 80 heavy (non-hydrogen) atoms. The molecule has 0 spiro atoms. The SMILES string of the molecule is Cc1ccc(Oc2c3c(=O)n(C)c(=O)c3c(Oc3ccc(C)cc3)c3c(=O)n(-c4ccc(C(=O)c5ccc(C)cc5)cc4)c(=O)c23)cc1.Cc1ccc(Oc2c3c(=O)oc(=O)c3c(Oc3ccc(C)cc3)c3c(=O)oc(=O)c23)cc1. The first-order valence-electron chi connectivity index (χ1n) is 24.8. The molecule has 12 rings (SSSR count). The molecule has 12 aromatic rings. The van der Waals surface area contributed by atoms with Gasteiger partial charge in [-0.3, -0.25) is 28.5 Å². The van der Waals surface area contributed by atoms with Crippen molar-refractivity contribution in [2.24, 2.45) is 7.05 Å². The number of furan rings is 2. The summed E-state index contributed by atoms with van der Waals surface area (Å²) in [6.45, 7) is 9.48. The van der Waals surface area contributed by atoms with Crippen molar-refractivity contribution in [1.29, 1.82) is 0 Å². The molecule has 0 N–H and O–H groups in total. The number of carbonyl (C=O) groups excluding carboxylic acids is 1. The highest BCUT2D eigenvalue weighted by atomic mass is 16.5. The van der Waals surface area contributed by atoms with E-state index < -0.39 is 44.7 Å². The first-order chi connectivity index (χ1) is 38.4. The molecule has 0 atom stereocenters. The Kier molecular flexibility index (Phi) is 12.8. The van der Waals surface area contributed by atoms with E-state index in [-0.39, 0.29) is 89.1 Å². The Balaban J connectivity index is 0.000000183. The Labute approximate surface area is 449 Å². The van der Waals surface area contributed by atoms with Crippen molar-refractivity contribution in [1.82, 2.24) is 9.13 Å². The Morgan fingerprint density at radius 3 is 0.850 bits per heavy atom. The Bertz CT molecular complexity index is 4580. The second-order valence-electron chi connectivity index (χ2n) is 19.2. The Morgan fingerprint density at radius 1 is 0.325 bits per heavy atom. The van der Waals surface area contributed by atoms with Gasteiger partial charge in [-0.1, -0.05) is 101 Å². The lowest BCUT2D eigenvalue weighted by atomic mass is 10.0. The molecule has 394 valence electrons. The average Bonchev–Trinajstić information content (AvgIpc) is 4.28. The van der Waals surface area contributed by atoms with Gasteiger partial charge in [-0.2, -0.15) is 0 Å². The van der Waals surface area contributed by atoms with Crippen LogP contribution in [0.25, 0.3) is 48.8 Å². The van der Waals surface area contributed by atoms with Crippen LogP contribution in [0.5, 0.6) is 46.0 Å². The van der Waals surface area contributed by atoms with Crippen molar-refractivity contribution < 1.29 is 32.6 Å². The van der Waals surface area contributed by atoms with Crippen LogP contribution in [0.15, 0.2) is 193 Å². The number of aromatic nitrogens is 2. The van der Waals surface area contributed by atoms with Gasteiger partial charge in [0, 0.05) is 18.2 Å². The van der Waals surface area contributed by atoms with Crippen LogP contribution in [-0.2, 0) is 7.05 Å². The van der Waals surface area contributed by atoms with Gasteiger partial charge in [-0.15, -0.1) is 0 Å². The maximum Gasteiger partial charge on any atom is 0.350 e. The lowest BCUT2D eigenvalue weighted by Crippen LogP contribution is -2.24. The topological polar surface area (TPSA) is 227 Å².